The highest BCUT2D eigenvalue weighted by molar-refractivity contribution is 7.80. The summed E-state index contributed by atoms with van der Waals surface area (Å²) in [5.41, 5.74) is 0.936. The molecule has 0 radical (unpaired) electrons. The Kier molecular flexibility index (Phi) is 22.2. The van der Waals surface area contributed by atoms with Gasteiger partial charge in [0, 0.05) is 113 Å². The van der Waals surface area contributed by atoms with Crippen molar-refractivity contribution in [3.05, 3.63) is 126 Å². The first kappa shape index (κ1) is 69.9. The number of nitrogens with zero attached hydrogens (tertiary/aromatic N) is 10. The van der Waals surface area contributed by atoms with E-state index in [1.54, 1.807) is 96.9 Å². The molecule has 8 heterocycles. The molecule has 2 unspecified atom stereocenters. The highest BCUT2D eigenvalue weighted by atomic mass is 32.1. The Bertz CT molecular complexity index is 3460. The molecule has 2 aromatic carbocycles. The van der Waals surface area contributed by atoms with Gasteiger partial charge in [-0.3, -0.25) is 29.4 Å². The van der Waals surface area contributed by atoms with E-state index in [4.69, 9.17) is 31.7 Å². The van der Waals surface area contributed by atoms with Crippen LogP contribution in [0.1, 0.15) is 106 Å². The van der Waals surface area contributed by atoms with Gasteiger partial charge in [-0.05, 0) is 115 Å². The van der Waals surface area contributed by atoms with E-state index in [0.29, 0.717) is 150 Å². The number of hydrogen-bond donors (Lipinski definition) is 4. The highest BCUT2D eigenvalue weighted by Crippen LogP contribution is 2.41. The lowest BCUT2D eigenvalue weighted by molar-refractivity contribution is -0.148. The van der Waals surface area contributed by atoms with Gasteiger partial charge in [0.05, 0.1) is 46.3 Å². The average Bonchev–Trinajstić information content (AvgIpc) is 1.77. The van der Waals surface area contributed by atoms with Gasteiger partial charge in [0.15, 0.2) is 26.8 Å². The number of ether oxygens (including phenoxy) is 2. The minimum absolute atomic E-state index is 0. The van der Waals surface area contributed by atoms with Gasteiger partial charge in [-0.1, -0.05) is 31.2 Å². The summed E-state index contributed by atoms with van der Waals surface area (Å²) in [5.74, 6) is -2.62. The minimum Gasteiger partial charge on any atom is -0.481 e. The second-order valence-corrected chi connectivity index (χ2v) is 26.4. The number of thiocarbonyl (C=S) groups is 1. The summed E-state index contributed by atoms with van der Waals surface area (Å²) in [6, 6.07) is 7.83. The van der Waals surface area contributed by atoms with Crippen LogP contribution in [0.3, 0.4) is 0 Å². The lowest BCUT2D eigenvalue weighted by atomic mass is 9.89. The van der Waals surface area contributed by atoms with Gasteiger partial charge in [0.2, 0.25) is 0 Å². The summed E-state index contributed by atoms with van der Waals surface area (Å²) in [4.78, 5) is 95.0. The first-order valence-electron chi connectivity index (χ1n) is 29.1. The Morgan fingerprint density at radius 3 is 1.56 bits per heavy atom. The second kappa shape index (κ2) is 28.3. The van der Waals surface area contributed by atoms with Crippen LogP contribution in [-0.4, -0.2) is 199 Å². The number of aliphatic carboxylic acids is 2. The molecule has 4 atom stereocenters. The number of carbonyl (C=O) groups is 5. The molecule has 21 nitrogen and oxygen atoms in total. The van der Waals surface area contributed by atoms with E-state index in [1.807, 2.05) is 27.5 Å². The molecule has 0 spiro atoms. The average molecular weight is 1320 g/mol. The maximum absolute atomic E-state index is 14.8. The quantitative estimate of drug-likeness (QED) is 0.0521. The van der Waals surface area contributed by atoms with Crippen molar-refractivity contribution in [3.8, 4) is 0 Å². The third-order valence-corrected chi connectivity index (χ3v) is 19.1. The number of carboxylic acid groups (broad SMARTS) is 2. The first-order valence-corrected chi connectivity index (χ1v) is 31.3. The van der Waals surface area contributed by atoms with Crippen LogP contribution in [0.4, 0.5) is 13.6 Å². The van der Waals surface area contributed by atoms with Gasteiger partial charge in [0.1, 0.15) is 23.7 Å². The Morgan fingerprint density at radius 1 is 0.685 bits per heavy atom. The van der Waals surface area contributed by atoms with Gasteiger partial charge < -0.3 is 49.9 Å². The Morgan fingerprint density at radius 2 is 1.13 bits per heavy atom. The maximum atomic E-state index is 14.8. The fraction of sp³-hybridized carbons (Fsp3) is 0.508. The number of piperazine rings is 2. The molecule has 10 rings (SSSR count). The summed E-state index contributed by atoms with van der Waals surface area (Å²) < 4.78 is 40.6. The third-order valence-electron chi connectivity index (χ3n) is 17.1. The van der Waals surface area contributed by atoms with Gasteiger partial charge in [0.25, 0.3) is 0 Å². The Hall–Kier alpha value is -6.56. The lowest BCUT2D eigenvalue weighted by Gasteiger charge is -2.46. The van der Waals surface area contributed by atoms with E-state index in [9.17, 15) is 43.0 Å². The van der Waals surface area contributed by atoms with Crippen molar-refractivity contribution in [2.24, 2.45) is 20.8 Å². The summed E-state index contributed by atoms with van der Waals surface area (Å²) in [7, 11) is 0. The monoisotopic (exact) mass is 1320 g/mol. The standard InChI is InChI=1S/C31H39FN6O5S.C30H37FN6O4S2.2H2S/c1-6-31-17-36(12-13-38(31)29(42)37(18-31)16-30(4,5)28(40)41)15-22-23(27(39)43-7-2)24(20-9-8-10-21(32)19(20)3)35-25(34-22)26-33-11-14-44-26;1-6-41-26(38)22-21(33-24(25-32-10-13-43-25)34-23(22)19-8-7-9-20(31)18(19)2)14-35-11-12-37-28(42)36(17-30(37,5)16-35)15-29(3,4)27(39)40;;/h8-11,14,24H,6-7,12-13,15-18H2,1-5H3,(H,34,35)(H,40,41);7-10,13,23H,6,11-12,14-17H2,1-5H3,(H,33,34)(H,39,40);2*1H2/t24-,31?;23-,30?;;/m00../s1. The fourth-order valence-corrected chi connectivity index (χ4v) is 14.0. The summed E-state index contributed by atoms with van der Waals surface area (Å²) in [5, 5.41) is 31.8. The van der Waals surface area contributed by atoms with Crippen LogP contribution in [0, 0.1) is 36.3 Å². The smallest absolute Gasteiger partial charge is 0.338 e. The van der Waals surface area contributed by atoms with Crippen molar-refractivity contribution in [1.82, 2.24) is 50.0 Å². The topological polar surface area (TPSA) is 238 Å². The highest BCUT2D eigenvalue weighted by Gasteiger charge is 2.54. The minimum atomic E-state index is -1.08. The normalized spacial score (nSPS) is 22.2. The van der Waals surface area contributed by atoms with E-state index < -0.39 is 52.3 Å². The van der Waals surface area contributed by atoms with Crippen LogP contribution in [-0.2, 0) is 28.7 Å². The number of carbonyl (C=O) groups excluding carboxylic acids is 3. The molecule has 2 amide bonds. The zero-order chi connectivity index (χ0) is 62.9. The molecule has 0 bridgehead atoms. The zero-order valence-corrected chi connectivity index (χ0v) is 56.2. The molecule has 28 heteroatoms. The van der Waals surface area contributed by atoms with Crippen molar-refractivity contribution in [2.45, 2.75) is 98.8 Å². The molecule has 2 aromatic heterocycles. The van der Waals surface area contributed by atoms with Crippen LogP contribution in [0.15, 0.2) is 92.1 Å². The van der Waals surface area contributed by atoms with Gasteiger partial charge in [-0.2, -0.15) is 27.0 Å². The number of amides is 2. The van der Waals surface area contributed by atoms with E-state index in [2.05, 4.69) is 42.2 Å². The summed E-state index contributed by atoms with van der Waals surface area (Å²) in [6.07, 6.45) is 4.04. The van der Waals surface area contributed by atoms with E-state index in [0.717, 1.165) is 0 Å². The van der Waals surface area contributed by atoms with Crippen molar-refractivity contribution in [3.63, 3.8) is 0 Å². The number of fused-ring (bicyclic) bond motifs is 2. The number of amidine groups is 2. The number of aliphatic imine (C=N–C) groups is 2. The number of carboxylic acids is 2. The van der Waals surface area contributed by atoms with Gasteiger partial charge in [-0.25, -0.2) is 33.1 Å². The lowest BCUT2D eigenvalue weighted by Crippen LogP contribution is -2.61. The first-order chi connectivity index (χ1) is 41.2. The van der Waals surface area contributed by atoms with Gasteiger partial charge >= 0.3 is 29.9 Å². The number of hydrogen-bond acceptors (Lipinski definition) is 18. The van der Waals surface area contributed by atoms with Crippen molar-refractivity contribution >= 4 is 109 Å². The van der Waals surface area contributed by atoms with Crippen molar-refractivity contribution in [2.75, 3.05) is 91.8 Å². The Labute approximate surface area is 545 Å². The van der Waals surface area contributed by atoms with Crippen LogP contribution in [0.25, 0.3) is 0 Å². The van der Waals surface area contributed by atoms with Crippen LogP contribution in [0.2, 0.25) is 0 Å². The van der Waals surface area contributed by atoms with Crippen molar-refractivity contribution in [1.29, 1.82) is 0 Å². The number of aromatic nitrogens is 2. The third kappa shape index (κ3) is 14.5. The number of esters is 2. The molecule has 89 heavy (non-hydrogen) atoms. The number of benzene rings is 2. The van der Waals surface area contributed by atoms with E-state index in [-0.39, 0.29) is 70.0 Å². The number of nitrogens with one attached hydrogen (secondary N) is 2. The molecule has 0 saturated carbocycles. The molecule has 0 aliphatic carbocycles. The summed E-state index contributed by atoms with van der Waals surface area (Å²) >= 11 is 8.63. The number of halogens is 2. The number of rotatable bonds is 19. The molecule has 4 fully saturated rings. The van der Waals surface area contributed by atoms with E-state index >= 15 is 0 Å². The predicted molar refractivity (Wildman–Crippen MR) is 351 cm³/mol. The van der Waals surface area contributed by atoms with E-state index in [1.165, 1.54) is 34.8 Å². The van der Waals surface area contributed by atoms with Crippen LogP contribution in [0.5, 0.6) is 0 Å². The zero-order valence-electron chi connectivity index (χ0n) is 51.7. The molecule has 4 aromatic rings. The van der Waals surface area contributed by atoms with Crippen LogP contribution < -0.4 is 10.6 Å². The maximum Gasteiger partial charge on any atom is 0.338 e. The second-order valence-electron chi connectivity index (χ2n) is 24.3. The number of urea groups is 1. The van der Waals surface area contributed by atoms with Crippen LogP contribution >= 0.6 is 61.9 Å². The molecule has 4 saturated heterocycles. The molecule has 482 valence electrons. The van der Waals surface area contributed by atoms with Crippen molar-refractivity contribution < 1.29 is 52.4 Å². The molecular formula is C61H80F2N12O9S5. The van der Waals surface area contributed by atoms with Gasteiger partial charge in [-0.15, -0.1) is 22.7 Å². The molecule has 6 aliphatic rings. The SMILES string of the molecule is CCOC(=O)C1=C(CN2CCN3C(=O)N(CC(C)(C)C(=O)O)CC3(CC)C2)NC(c2nccs2)=N[C@H]1c1cccc(F)c1C.CCOC(=O)C1=C(CN2CCN3C(=S)N(CC(C)(C)C(=O)O)CC3(C)C2)NC(c2nccs2)=N[C@H]1c1cccc(F)c1C.S.S. The largest absolute Gasteiger partial charge is 0.481 e. The molecule has 6 aliphatic heterocycles. The Balaban J connectivity index is 0.000000248. The molecule has 4 N–H and O–H groups in total. The number of thiazole rings is 2. The summed E-state index contributed by atoms with van der Waals surface area (Å²) in [6.45, 7) is 23.6. The fourth-order valence-electron chi connectivity index (χ4n) is 12.4. The predicted octanol–water partition coefficient (Wildman–Crippen LogP) is 7.62. The molecular weight excluding hydrogens is 1240 g/mol.